The third-order valence-electron chi connectivity index (χ3n) is 7.13. The van der Waals surface area contributed by atoms with E-state index in [1.54, 1.807) is 0 Å². The summed E-state index contributed by atoms with van der Waals surface area (Å²) in [5.74, 6) is 3.48. The summed E-state index contributed by atoms with van der Waals surface area (Å²) in [4.78, 5) is 24.3. The Labute approximate surface area is 206 Å². The van der Waals surface area contributed by atoms with Gasteiger partial charge in [0.25, 0.3) is 0 Å². The number of anilines is 3. The average molecular weight is 472 g/mol. The van der Waals surface area contributed by atoms with Gasteiger partial charge < -0.3 is 19.9 Å². The Bertz CT molecular complexity index is 1210. The van der Waals surface area contributed by atoms with Crippen molar-refractivity contribution in [1.82, 2.24) is 19.9 Å². The van der Waals surface area contributed by atoms with Gasteiger partial charge in [0.05, 0.1) is 11.0 Å². The van der Waals surface area contributed by atoms with E-state index < -0.39 is 0 Å². The molecule has 6 rings (SSSR count). The number of hydrogen-bond acceptors (Lipinski definition) is 8. The summed E-state index contributed by atoms with van der Waals surface area (Å²) in [5, 5.41) is 3.63. The van der Waals surface area contributed by atoms with Crippen LogP contribution >= 0.6 is 0 Å². The van der Waals surface area contributed by atoms with Gasteiger partial charge in [-0.2, -0.15) is 0 Å². The third-order valence-corrected chi connectivity index (χ3v) is 7.13. The molecule has 35 heavy (non-hydrogen) atoms. The fourth-order valence-corrected chi connectivity index (χ4v) is 4.92. The number of nitrogens with zero attached hydrogens (tertiary/aromatic N) is 6. The SMILES string of the molecule is CN(c1nc2ccccc2nc1/C=C/c1nc(NC2CCOCC2)cc(N2CCCC2)n1)C1CC1. The highest BCUT2D eigenvalue weighted by molar-refractivity contribution is 5.81. The molecular formula is C27H33N7O. The van der Waals surface area contributed by atoms with Crippen LogP contribution < -0.4 is 15.1 Å². The molecule has 2 aliphatic heterocycles. The van der Waals surface area contributed by atoms with Gasteiger partial charge in [0.2, 0.25) is 0 Å². The summed E-state index contributed by atoms with van der Waals surface area (Å²) in [7, 11) is 2.12. The van der Waals surface area contributed by atoms with Crippen molar-refractivity contribution in [2.45, 2.75) is 50.6 Å². The molecule has 8 heteroatoms. The molecule has 2 saturated heterocycles. The Morgan fingerprint density at radius 3 is 2.43 bits per heavy atom. The van der Waals surface area contributed by atoms with E-state index in [-0.39, 0.29) is 0 Å². The summed E-state index contributed by atoms with van der Waals surface area (Å²) in [6.45, 7) is 3.69. The molecule has 0 unspecified atom stereocenters. The maximum absolute atomic E-state index is 5.53. The Kier molecular flexibility index (Phi) is 6.21. The van der Waals surface area contributed by atoms with Gasteiger partial charge in [0, 0.05) is 51.5 Å². The minimum absolute atomic E-state index is 0.382. The van der Waals surface area contributed by atoms with Crippen molar-refractivity contribution in [3.05, 3.63) is 41.9 Å². The van der Waals surface area contributed by atoms with E-state index in [4.69, 9.17) is 24.7 Å². The Balaban J connectivity index is 1.34. The molecule has 8 nitrogen and oxygen atoms in total. The molecule has 0 spiro atoms. The first-order valence-corrected chi connectivity index (χ1v) is 12.9. The minimum atomic E-state index is 0.382. The lowest BCUT2D eigenvalue weighted by atomic mass is 10.1. The predicted molar refractivity (Wildman–Crippen MR) is 141 cm³/mol. The van der Waals surface area contributed by atoms with Crippen LogP contribution in [-0.2, 0) is 4.74 Å². The zero-order valence-electron chi connectivity index (χ0n) is 20.4. The largest absolute Gasteiger partial charge is 0.381 e. The van der Waals surface area contributed by atoms with Crippen molar-refractivity contribution in [1.29, 1.82) is 0 Å². The van der Waals surface area contributed by atoms with E-state index in [2.05, 4.69) is 28.2 Å². The quantitative estimate of drug-likeness (QED) is 0.544. The van der Waals surface area contributed by atoms with Crippen LogP contribution in [0.4, 0.5) is 17.5 Å². The predicted octanol–water partition coefficient (Wildman–Crippen LogP) is 4.38. The van der Waals surface area contributed by atoms with Crippen molar-refractivity contribution in [2.75, 3.05) is 48.5 Å². The zero-order chi connectivity index (χ0) is 23.6. The van der Waals surface area contributed by atoms with Gasteiger partial charge in [0.1, 0.15) is 17.3 Å². The number of ether oxygens (including phenoxy) is 1. The van der Waals surface area contributed by atoms with Gasteiger partial charge in [-0.1, -0.05) is 12.1 Å². The first-order valence-electron chi connectivity index (χ1n) is 12.9. The Morgan fingerprint density at radius 2 is 1.69 bits per heavy atom. The molecule has 3 aliphatic rings. The Morgan fingerprint density at radius 1 is 0.943 bits per heavy atom. The highest BCUT2D eigenvalue weighted by atomic mass is 16.5. The van der Waals surface area contributed by atoms with E-state index in [1.807, 2.05) is 36.4 Å². The van der Waals surface area contributed by atoms with Gasteiger partial charge in [-0.05, 0) is 62.8 Å². The summed E-state index contributed by atoms with van der Waals surface area (Å²) in [6.07, 6.45) is 10.8. The van der Waals surface area contributed by atoms with Crippen LogP contribution in [0.5, 0.6) is 0 Å². The van der Waals surface area contributed by atoms with Gasteiger partial charge in [0.15, 0.2) is 11.6 Å². The van der Waals surface area contributed by atoms with Crippen molar-refractivity contribution >= 4 is 40.6 Å². The fraction of sp³-hybridized carbons (Fsp3) is 0.481. The second kappa shape index (κ2) is 9.77. The molecule has 3 aromatic rings. The van der Waals surface area contributed by atoms with Crippen molar-refractivity contribution in [3.8, 4) is 0 Å². The summed E-state index contributed by atoms with van der Waals surface area (Å²) < 4.78 is 5.53. The monoisotopic (exact) mass is 471 g/mol. The van der Waals surface area contributed by atoms with Crippen LogP contribution in [0.15, 0.2) is 30.3 Å². The lowest BCUT2D eigenvalue weighted by Gasteiger charge is -2.24. The summed E-state index contributed by atoms with van der Waals surface area (Å²) in [5.41, 5.74) is 2.67. The number of benzene rings is 1. The van der Waals surface area contributed by atoms with Crippen LogP contribution in [0.3, 0.4) is 0 Å². The van der Waals surface area contributed by atoms with Crippen LogP contribution in [0, 0.1) is 0 Å². The number of rotatable bonds is 7. The summed E-state index contributed by atoms with van der Waals surface area (Å²) >= 11 is 0. The number of hydrogen-bond donors (Lipinski definition) is 1. The van der Waals surface area contributed by atoms with Crippen molar-refractivity contribution < 1.29 is 4.74 Å². The number of para-hydroxylation sites is 2. The van der Waals surface area contributed by atoms with Crippen LogP contribution in [0.1, 0.15) is 50.0 Å². The van der Waals surface area contributed by atoms with Crippen LogP contribution in [0.2, 0.25) is 0 Å². The highest BCUT2D eigenvalue weighted by Crippen LogP contribution is 2.32. The van der Waals surface area contributed by atoms with Crippen molar-refractivity contribution in [3.63, 3.8) is 0 Å². The number of nitrogens with one attached hydrogen (secondary N) is 1. The van der Waals surface area contributed by atoms with E-state index in [0.717, 1.165) is 73.3 Å². The lowest BCUT2D eigenvalue weighted by Crippen LogP contribution is -2.28. The maximum atomic E-state index is 5.53. The highest BCUT2D eigenvalue weighted by Gasteiger charge is 2.29. The number of fused-ring (bicyclic) bond motifs is 1. The molecule has 1 aliphatic carbocycles. The first-order chi connectivity index (χ1) is 17.2. The average Bonchev–Trinajstić information content (AvgIpc) is 3.60. The van der Waals surface area contributed by atoms with Crippen LogP contribution in [0.25, 0.3) is 23.2 Å². The molecule has 4 heterocycles. The van der Waals surface area contributed by atoms with Gasteiger partial charge in [-0.25, -0.2) is 19.9 Å². The fourth-order valence-electron chi connectivity index (χ4n) is 4.92. The van der Waals surface area contributed by atoms with Gasteiger partial charge in [-0.15, -0.1) is 0 Å². The normalized spacial score (nSPS) is 19.1. The molecule has 1 N–H and O–H groups in total. The standard InChI is InChI=1S/C27H33N7O/c1-33(20-8-9-20)27-23(29-21-6-2-3-7-22(21)30-27)10-11-24-31-25(28-19-12-16-35-17-13-19)18-26(32-24)34-14-4-5-15-34/h2-3,6-7,10-11,18-20H,4-5,8-9,12-17H2,1H3,(H,28,31,32)/b11-10+. The van der Waals surface area contributed by atoms with Gasteiger partial charge in [-0.3, -0.25) is 0 Å². The molecule has 182 valence electrons. The maximum Gasteiger partial charge on any atom is 0.156 e. The molecule has 1 aromatic carbocycles. The lowest BCUT2D eigenvalue weighted by molar-refractivity contribution is 0.0904. The van der Waals surface area contributed by atoms with E-state index >= 15 is 0 Å². The van der Waals surface area contributed by atoms with E-state index in [9.17, 15) is 0 Å². The molecule has 0 amide bonds. The molecule has 0 radical (unpaired) electrons. The minimum Gasteiger partial charge on any atom is -0.381 e. The third kappa shape index (κ3) is 5.07. The smallest absolute Gasteiger partial charge is 0.156 e. The molecule has 3 fully saturated rings. The molecule has 2 aromatic heterocycles. The van der Waals surface area contributed by atoms with E-state index in [0.29, 0.717) is 17.9 Å². The number of aromatic nitrogens is 4. The molecule has 1 saturated carbocycles. The second-order valence-electron chi connectivity index (χ2n) is 9.79. The molecule has 0 bridgehead atoms. The molecule has 0 atom stereocenters. The Hall–Kier alpha value is -3.26. The van der Waals surface area contributed by atoms with Crippen molar-refractivity contribution in [2.24, 2.45) is 0 Å². The zero-order valence-corrected chi connectivity index (χ0v) is 20.4. The topological polar surface area (TPSA) is 79.3 Å². The van der Waals surface area contributed by atoms with E-state index in [1.165, 1.54) is 25.7 Å². The first kappa shape index (κ1) is 22.2. The van der Waals surface area contributed by atoms with Crippen LogP contribution in [-0.4, -0.2) is 65.4 Å². The second-order valence-corrected chi connectivity index (χ2v) is 9.79. The summed E-state index contributed by atoms with van der Waals surface area (Å²) in [6, 6.07) is 11.1. The molecular weight excluding hydrogens is 438 g/mol. The van der Waals surface area contributed by atoms with Gasteiger partial charge >= 0.3 is 0 Å².